The third-order valence-electron chi connectivity index (χ3n) is 3.45. The van der Waals surface area contributed by atoms with Gasteiger partial charge in [0.15, 0.2) is 0 Å². The van der Waals surface area contributed by atoms with Crippen LogP contribution in [-0.4, -0.2) is 0 Å². The second-order valence-electron chi connectivity index (χ2n) is 6.67. The van der Waals surface area contributed by atoms with Crippen molar-refractivity contribution in [1.29, 1.82) is 0 Å². The van der Waals surface area contributed by atoms with Gasteiger partial charge in [0, 0.05) is 18.8 Å². The molecule has 0 aromatic heterocycles. The summed E-state index contributed by atoms with van der Waals surface area (Å²) in [5, 5.41) is 0. The Hall–Kier alpha value is -0.770. The fourth-order valence-electron chi connectivity index (χ4n) is 2.33. The molecule has 0 amide bonds. The van der Waals surface area contributed by atoms with E-state index in [0.29, 0.717) is 11.8 Å². The Morgan fingerprint density at radius 3 is 1.28 bits per heavy atom. The maximum Gasteiger partial charge on any atom is 0.0175 e. The molecule has 0 radical (unpaired) electrons. The van der Waals surface area contributed by atoms with Gasteiger partial charge < -0.3 is 0 Å². The molecule has 0 atom stereocenters. The molecule has 2 rings (SSSR count). The van der Waals surface area contributed by atoms with Crippen LogP contribution in [0.2, 0.25) is 0 Å². The molecular weight excluding hydrogens is 456 g/mol. The summed E-state index contributed by atoms with van der Waals surface area (Å²) in [7, 11) is 0. The molecule has 0 saturated heterocycles. The van der Waals surface area contributed by atoms with Crippen LogP contribution in [0.15, 0.2) is 69.6 Å². The molecule has 132 valence electrons. The number of hydrogen-bond donors (Lipinski definition) is 0. The van der Waals surface area contributed by atoms with E-state index in [2.05, 4.69) is 120 Å². The van der Waals surface area contributed by atoms with Crippen molar-refractivity contribution in [3.05, 3.63) is 80.8 Å². The number of hydrogen-bond acceptors (Lipinski definition) is 1. The van der Waals surface area contributed by atoms with Gasteiger partial charge in [-0.05, 0) is 47.2 Å². The lowest BCUT2D eigenvalue weighted by Gasteiger charge is -2.14. The van der Waals surface area contributed by atoms with Gasteiger partial charge in [-0.1, -0.05) is 108 Å². The summed E-state index contributed by atoms with van der Waals surface area (Å²) in [5.41, 5.74) is 2.52. The van der Waals surface area contributed by atoms with Crippen LogP contribution in [-0.2, 0) is 0 Å². The molecule has 25 heavy (non-hydrogen) atoms. The van der Waals surface area contributed by atoms with Gasteiger partial charge in [-0.3, -0.25) is 0 Å². The summed E-state index contributed by atoms with van der Waals surface area (Å²) in [6.45, 7) is 8.91. The monoisotopic (exact) mass is 478 g/mol. The van der Waals surface area contributed by atoms with Crippen molar-refractivity contribution >= 4 is 53.4 Å². The molecule has 0 fully saturated rings. The van der Waals surface area contributed by atoms with Crippen LogP contribution >= 0.6 is 43.6 Å². The van der Waals surface area contributed by atoms with E-state index >= 15 is 0 Å². The highest BCUT2D eigenvalue weighted by Crippen LogP contribution is 2.41. The number of allylic oxidation sites excluding steroid dienone is 2. The first kappa shape index (κ1) is 20.5. The molecule has 0 saturated carbocycles. The summed E-state index contributed by atoms with van der Waals surface area (Å²) in [6.07, 6.45) is 4.70. The average molecular weight is 480 g/mol. The maximum absolute atomic E-state index is 3.53. The van der Waals surface area contributed by atoms with E-state index in [4.69, 9.17) is 0 Å². The zero-order valence-electron chi connectivity index (χ0n) is 15.1. The topological polar surface area (TPSA) is 0 Å². The fourth-order valence-corrected chi connectivity index (χ4v) is 4.28. The zero-order chi connectivity index (χ0) is 18.4. The fraction of sp³-hybridized carbons (Fsp3) is 0.273. The lowest BCUT2D eigenvalue weighted by Crippen LogP contribution is -1.90. The molecule has 3 heteroatoms. The van der Waals surface area contributed by atoms with Crippen molar-refractivity contribution in [3.8, 4) is 0 Å². The molecule has 0 aliphatic carbocycles. The van der Waals surface area contributed by atoms with Crippen LogP contribution < -0.4 is 0 Å². The quantitative estimate of drug-likeness (QED) is 0.399. The van der Waals surface area contributed by atoms with E-state index in [9.17, 15) is 0 Å². The van der Waals surface area contributed by atoms with Crippen molar-refractivity contribution in [1.82, 2.24) is 0 Å². The van der Waals surface area contributed by atoms with Crippen molar-refractivity contribution < 1.29 is 0 Å². The van der Waals surface area contributed by atoms with E-state index in [0.717, 1.165) is 8.95 Å². The van der Waals surface area contributed by atoms with Crippen LogP contribution in [0, 0.1) is 11.8 Å². The molecule has 0 N–H and O–H groups in total. The van der Waals surface area contributed by atoms with E-state index in [-0.39, 0.29) is 0 Å². The number of rotatable bonds is 6. The van der Waals surface area contributed by atoms with Gasteiger partial charge in [0.1, 0.15) is 0 Å². The van der Waals surface area contributed by atoms with Gasteiger partial charge in [0.25, 0.3) is 0 Å². The Morgan fingerprint density at radius 1 is 0.680 bits per heavy atom. The predicted molar refractivity (Wildman–Crippen MR) is 122 cm³/mol. The van der Waals surface area contributed by atoms with Gasteiger partial charge in [0.05, 0.1) is 0 Å². The molecule has 0 aliphatic heterocycles. The average Bonchev–Trinajstić information content (AvgIpc) is 2.54. The summed E-state index contributed by atoms with van der Waals surface area (Å²) >= 11 is 8.92. The summed E-state index contributed by atoms with van der Waals surface area (Å²) in [5.74, 6) is 0.993. The Kier molecular flexibility index (Phi) is 8.05. The second-order valence-corrected chi connectivity index (χ2v) is 9.58. The number of halogens is 2. The normalized spacial score (nSPS) is 13.0. The van der Waals surface area contributed by atoms with Gasteiger partial charge in [-0.2, -0.15) is 0 Å². The lowest BCUT2D eigenvalue weighted by atomic mass is 10.1. The van der Waals surface area contributed by atoms with Crippen molar-refractivity contribution in [2.24, 2.45) is 11.8 Å². The standard InChI is InChI=1S/C22H24Br2S/c1-15(2)13-21(17-5-9-19(23)10-6-17)25-22(14-16(3)4)18-7-11-20(24)12-8-18/h5-16H,1-4H3. The minimum absolute atomic E-state index is 0.497. The van der Waals surface area contributed by atoms with Crippen molar-refractivity contribution in [2.45, 2.75) is 27.7 Å². The summed E-state index contributed by atoms with van der Waals surface area (Å²) in [4.78, 5) is 2.61. The largest absolute Gasteiger partial charge is 0.0895 e. The first-order valence-electron chi connectivity index (χ1n) is 8.48. The van der Waals surface area contributed by atoms with Gasteiger partial charge in [-0.15, -0.1) is 0 Å². The Balaban J connectivity index is 2.41. The van der Waals surface area contributed by atoms with Crippen LogP contribution in [0.1, 0.15) is 38.8 Å². The second kappa shape index (κ2) is 9.80. The Labute approximate surface area is 173 Å². The van der Waals surface area contributed by atoms with Gasteiger partial charge >= 0.3 is 0 Å². The maximum atomic E-state index is 3.53. The minimum atomic E-state index is 0.497. The smallest absolute Gasteiger partial charge is 0.0175 e. The molecule has 0 spiro atoms. The highest BCUT2D eigenvalue weighted by molar-refractivity contribution is 9.10. The molecule has 0 aliphatic rings. The third-order valence-corrected chi connectivity index (χ3v) is 5.69. The van der Waals surface area contributed by atoms with Crippen molar-refractivity contribution in [2.75, 3.05) is 0 Å². The Bertz CT molecular complexity index is 673. The summed E-state index contributed by atoms with van der Waals surface area (Å²) in [6, 6.07) is 17.1. The first-order chi connectivity index (χ1) is 11.8. The zero-order valence-corrected chi connectivity index (χ0v) is 19.1. The van der Waals surface area contributed by atoms with Gasteiger partial charge in [-0.25, -0.2) is 0 Å². The molecule has 0 nitrogen and oxygen atoms in total. The highest BCUT2D eigenvalue weighted by Gasteiger charge is 2.11. The first-order valence-corrected chi connectivity index (χ1v) is 10.9. The molecule has 2 aromatic rings. The van der Waals surface area contributed by atoms with E-state index < -0.39 is 0 Å². The SMILES string of the molecule is CC(C)C=C(SC(=CC(C)C)c1ccc(Br)cc1)c1ccc(Br)cc1. The van der Waals surface area contributed by atoms with Crippen LogP contribution in [0.5, 0.6) is 0 Å². The van der Waals surface area contributed by atoms with Crippen LogP contribution in [0.25, 0.3) is 9.81 Å². The highest BCUT2D eigenvalue weighted by atomic mass is 79.9. The van der Waals surface area contributed by atoms with Gasteiger partial charge in [0.2, 0.25) is 0 Å². The molecular formula is C22H24Br2S. The molecule has 0 bridgehead atoms. The number of thioether (sulfide) groups is 1. The van der Waals surface area contributed by atoms with E-state index in [1.165, 1.54) is 20.9 Å². The predicted octanol–water partition coefficient (Wildman–Crippen LogP) is 8.64. The van der Waals surface area contributed by atoms with Crippen molar-refractivity contribution in [3.63, 3.8) is 0 Å². The van der Waals surface area contributed by atoms with Crippen LogP contribution in [0.3, 0.4) is 0 Å². The minimum Gasteiger partial charge on any atom is -0.0895 e. The van der Waals surface area contributed by atoms with E-state index in [1.807, 2.05) is 11.8 Å². The Morgan fingerprint density at radius 2 is 1.00 bits per heavy atom. The molecule has 0 unspecified atom stereocenters. The molecule has 0 heterocycles. The van der Waals surface area contributed by atoms with E-state index in [1.54, 1.807) is 0 Å². The molecule has 2 aromatic carbocycles. The summed E-state index contributed by atoms with van der Waals surface area (Å²) < 4.78 is 2.21. The third kappa shape index (κ3) is 6.80. The number of benzene rings is 2. The lowest BCUT2D eigenvalue weighted by molar-refractivity contribution is 0.835. The van der Waals surface area contributed by atoms with Crippen LogP contribution in [0.4, 0.5) is 0 Å².